The van der Waals surface area contributed by atoms with Crippen molar-refractivity contribution in [1.29, 1.82) is 0 Å². The van der Waals surface area contributed by atoms with Crippen LogP contribution in [0.25, 0.3) is 11.4 Å². The van der Waals surface area contributed by atoms with E-state index in [1.54, 1.807) is 33.5 Å². The summed E-state index contributed by atoms with van der Waals surface area (Å²) in [6, 6.07) is 3.15. The minimum absolute atomic E-state index is 0.0414. The van der Waals surface area contributed by atoms with E-state index in [9.17, 15) is 4.79 Å². The van der Waals surface area contributed by atoms with Crippen LogP contribution < -0.4 is 19.5 Å². The number of benzene rings is 1. The molecule has 0 aliphatic heterocycles. The fourth-order valence-electron chi connectivity index (χ4n) is 3.08. The highest BCUT2D eigenvalue weighted by Crippen LogP contribution is 2.40. The van der Waals surface area contributed by atoms with Crippen LogP contribution in [-0.2, 0) is 4.79 Å². The molecule has 0 saturated carbocycles. The standard InChI is InChI=1S/C22H33N3O5/c1-9-13(2)18(23-17(26)12-22(3,4)5)21-24-20(25-30-21)14-10-15(27-6)19(29-8)16(11-14)28-7/h10-11,13,18H,9,12H2,1-8H3,(H,23,26)/t13-,18+/m0/s1. The van der Waals surface area contributed by atoms with Crippen LogP contribution in [0.4, 0.5) is 0 Å². The summed E-state index contributed by atoms with van der Waals surface area (Å²) in [6.45, 7) is 10.2. The van der Waals surface area contributed by atoms with E-state index in [0.717, 1.165) is 6.42 Å². The van der Waals surface area contributed by atoms with Crippen molar-refractivity contribution in [2.45, 2.75) is 53.5 Å². The number of aromatic nitrogens is 2. The monoisotopic (exact) mass is 419 g/mol. The second kappa shape index (κ2) is 9.82. The van der Waals surface area contributed by atoms with Crippen LogP contribution >= 0.6 is 0 Å². The van der Waals surface area contributed by atoms with Gasteiger partial charge in [0.15, 0.2) is 11.5 Å². The van der Waals surface area contributed by atoms with Crippen molar-refractivity contribution in [3.63, 3.8) is 0 Å². The van der Waals surface area contributed by atoms with Gasteiger partial charge in [0.2, 0.25) is 23.4 Å². The summed E-state index contributed by atoms with van der Waals surface area (Å²) in [5.41, 5.74) is 0.545. The topological polar surface area (TPSA) is 95.7 Å². The van der Waals surface area contributed by atoms with Crippen LogP contribution in [-0.4, -0.2) is 37.4 Å². The van der Waals surface area contributed by atoms with E-state index in [2.05, 4.69) is 22.4 Å². The van der Waals surface area contributed by atoms with Gasteiger partial charge in [0.1, 0.15) is 6.04 Å². The Morgan fingerprint density at radius 2 is 1.73 bits per heavy atom. The third-order valence-corrected chi connectivity index (χ3v) is 4.85. The molecule has 0 radical (unpaired) electrons. The highest BCUT2D eigenvalue weighted by Gasteiger charge is 2.28. The molecule has 0 fully saturated rings. The Labute approximate surface area is 178 Å². The quantitative estimate of drug-likeness (QED) is 0.643. The van der Waals surface area contributed by atoms with Crippen LogP contribution in [0.3, 0.4) is 0 Å². The van der Waals surface area contributed by atoms with E-state index in [-0.39, 0.29) is 23.3 Å². The van der Waals surface area contributed by atoms with Crippen molar-refractivity contribution in [2.75, 3.05) is 21.3 Å². The molecule has 2 aromatic rings. The third kappa shape index (κ3) is 5.64. The van der Waals surface area contributed by atoms with Crippen LogP contribution in [0.5, 0.6) is 17.2 Å². The molecule has 0 bridgehead atoms. The lowest BCUT2D eigenvalue weighted by Crippen LogP contribution is -2.34. The van der Waals surface area contributed by atoms with E-state index < -0.39 is 0 Å². The van der Waals surface area contributed by atoms with Gasteiger partial charge in [-0.15, -0.1) is 0 Å². The summed E-state index contributed by atoms with van der Waals surface area (Å²) in [6.07, 6.45) is 1.26. The molecular formula is C22H33N3O5. The Bertz CT molecular complexity index is 832. The normalized spacial score (nSPS) is 13.5. The lowest BCUT2D eigenvalue weighted by Gasteiger charge is -2.23. The summed E-state index contributed by atoms with van der Waals surface area (Å²) < 4.78 is 21.7. The number of methoxy groups -OCH3 is 3. The number of nitrogens with zero attached hydrogens (tertiary/aromatic N) is 2. The average molecular weight is 420 g/mol. The fourth-order valence-corrected chi connectivity index (χ4v) is 3.08. The predicted molar refractivity (Wildman–Crippen MR) is 114 cm³/mol. The molecule has 2 rings (SSSR count). The third-order valence-electron chi connectivity index (χ3n) is 4.85. The van der Waals surface area contributed by atoms with Gasteiger partial charge in [-0.25, -0.2) is 0 Å². The Morgan fingerprint density at radius 1 is 1.13 bits per heavy atom. The number of carbonyl (C=O) groups is 1. The minimum Gasteiger partial charge on any atom is -0.493 e. The number of hydrogen-bond acceptors (Lipinski definition) is 7. The fraction of sp³-hybridized carbons (Fsp3) is 0.591. The molecule has 1 aromatic heterocycles. The zero-order chi connectivity index (χ0) is 22.5. The Balaban J connectivity index is 2.37. The van der Waals surface area contributed by atoms with Crippen LogP contribution in [0.2, 0.25) is 0 Å². The van der Waals surface area contributed by atoms with E-state index in [4.69, 9.17) is 18.7 Å². The second-order valence-electron chi connectivity index (χ2n) is 8.54. The summed E-state index contributed by atoms with van der Waals surface area (Å²) in [5.74, 6) is 2.31. The zero-order valence-electron chi connectivity index (χ0n) is 19.2. The lowest BCUT2D eigenvalue weighted by atomic mass is 9.91. The van der Waals surface area contributed by atoms with Gasteiger partial charge in [-0.1, -0.05) is 46.2 Å². The van der Waals surface area contributed by atoms with Crippen LogP contribution in [0.1, 0.15) is 59.4 Å². The summed E-state index contributed by atoms with van der Waals surface area (Å²) in [4.78, 5) is 17.1. The molecular weight excluding hydrogens is 386 g/mol. The lowest BCUT2D eigenvalue weighted by molar-refractivity contribution is -0.124. The number of nitrogens with one attached hydrogen (secondary N) is 1. The minimum atomic E-state index is -0.367. The maximum Gasteiger partial charge on any atom is 0.249 e. The summed E-state index contributed by atoms with van der Waals surface area (Å²) in [5, 5.41) is 7.19. The number of amides is 1. The molecule has 1 amide bonds. The van der Waals surface area contributed by atoms with Crippen molar-refractivity contribution in [2.24, 2.45) is 11.3 Å². The highest BCUT2D eigenvalue weighted by molar-refractivity contribution is 5.77. The van der Waals surface area contributed by atoms with Gasteiger partial charge >= 0.3 is 0 Å². The van der Waals surface area contributed by atoms with Crippen molar-refractivity contribution < 1.29 is 23.5 Å². The first kappa shape index (κ1) is 23.5. The van der Waals surface area contributed by atoms with Gasteiger partial charge in [-0.3, -0.25) is 4.79 Å². The van der Waals surface area contributed by atoms with Crippen molar-refractivity contribution in [3.8, 4) is 28.6 Å². The van der Waals surface area contributed by atoms with Crippen LogP contribution in [0.15, 0.2) is 16.7 Å². The Hall–Kier alpha value is -2.77. The molecule has 0 spiro atoms. The van der Waals surface area contributed by atoms with E-state index >= 15 is 0 Å². The first-order valence-corrected chi connectivity index (χ1v) is 10.1. The average Bonchev–Trinajstić information content (AvgIpc) is 3.18. The summed E-state index contributed by atoms with van der Waals surface area (Å²) in [7, 11) is 4.64. The highest BCUT2D eigenvalue weighted by atomic mass is 16.5. The van der Waals surface area contributed by atoms with Gasteiger partial charge in [0, 0.05) is 12.0 Å². The van der Waals surface area contributed by atoms with Crippen LogP contribution in [0, 0.1) is 11.3 Å². The molecule has 8 nitrogen and oxygen atoms in total. The van der Waals surface area contributed by atoms with E-state index in [1.165, 1.54) is 0 Å². The van der Waals surface area contributed by atoms with Gasteiger partial charge in [-0.2, -0.15) is 4.98 Å². The summed E-state index contributed by atoms with van der Waals surface area (Å²) >= 11 is 0. The Morgan fingerprint density at radius 3 is 2.20 bits per heavy atom. The first-order valence-electron chi connectivity index (χ1n) is 10.1. The number of carbonyl (C=O) groups excluding carboxylic acids is 1. The zero-order valence-corrected chi connectivity index (χ0v) is 19.2. The van der Waals surface area contributed by atoms with E-state index in [1.807, 2.05) is 27.7 Å². The second-order valence-corrected chi connectivity index (χ2v) is 8.54. The van der Waals surface area contributed by atoms with Gasteiger partial charge in [0.05, 0.1) is 21.3 Å². The molecule has 1 aromatic carbocycles. The smallest absolute Gasteiger partial charge is 0.249 e. The molecule has 0 saturated heterocycles. The molecule has 1 N–H and O–H groups in total. The van der Waals surface area contributed by atoms with Gasteiger partial charge < -0.3 is 24.1 Å². The first-order chi connectivity index (χ1) is 14.1. The molecule has 1 heterocycles. The van der Waals surface area contributed by atoms with Crippen molar-refractivity contribution in [1.82, 2.24) is 15.5 Å². The SMILES string of the molecule is CC[C@H](C)[C@@H](NC(=O)CC(C)(C)C)c1nc(-c2cc(OC)c(OC)c(OC)c2)no1. The van der Waals surface area contributed by atoms with Gasteiger partial charge in [-0.05, 0) is 23.5 Å². The predicted octanol–water partition coefficient (Wildman–Crippen LogP) is 4.40. The maximum atomic E-state index is 12.5. The van der Waals surface area contributed by atoms with Gasteiger partial charge in [0.25, 0.3) is 0 Å². The molecule has 8 heteroatoms. The Kier molecular flexibility index (Phi) is 7.70. The number of hydrogen-bond donors (Lipinski definition) is 1. The molecule has 166 valence electrons. The molecule has 30 heavy (non-hydrogen) atoms. The molecule has 0 aliphatic rings. The van der Waals surface area contributed by atoms with Crippen molar-refractivity contribution in [3.05, 3.63) is 18.0 Å². The molecule has 0 aliphatic carbocycles. The number of ether oxygens (including phenoxy) is 3. The molecule has 0 unspecified atom stereocenters. The van der Waals surface area contributed by atoms with Crippen molar-refractivity contribution >= 4 is 5.91 Å². The van der Waals surface area contributed by atoms with E-state index in [0.29, 0.717) is 40.9 Å². The number of rotatable bonds is 9. The largest absolute Gasteiger partial charge is 0.493 e. The molecule has 2 atom stereocenters. The maximum absolute atomic E-state index is 12.5.